The molecule has 5 nitrogen and oxygen atoms in total. The minimum Gasteiger partial charge on any atom is -0.359 e. The SMILES string of the molecule is CNC(=O)[C@@H]1CCC[C@]12CCN(C(=O)c1ccncc1)C2. The molecule has 112 valence electrons. The molecule has 1 aromatic rings. The maximum Gasteiger partial charge on any atom is 0.253 e. The first kappa shape index (κ1) is 14.0. The summed E-state index contributed by atoms with van der Waals surface area (Å²) >= 11 is 0. The highest BCUT2D eigenvalue weighted by atomic mass is 16.2. The number of carbonyl (C=O) groups is 2. The summed E-state index contributed by atoms with van der Waals surface area (Å²) in [6.07, 6.45) is 7.28. The van der Waals surface area contributed by atoms with Crippen LogP contribution in [0.25, 0.3) is 0 Å². The lowest BCUT2D eigenvalue weighted by atomic mass is 9.76. The van der Waals surface area contributed by atoms with E-state index < -0.39 is 0 Å². The summed E-state index contributed by atoms with van der Waals surface area (Å²) in [6.45, 7) is 1.45. The van der Waals surface area contributed by atoms with E-state index in [9.17, 15) is 9.59 Å². The maximum atomic E-state index is 12.5. The fourth-order valence-electron chi connectivity index (χ4n) is 3.96. The van der Waals surface area contributed by atoms with Crippen LogP contribution in [0.3, 0.4) is 0 Å². The minimum atomic E-state index is -0.0111. The fraction of sp³-hybridized carbons (Fsp3) is 0.562. The van der Waals surface area contributed by atoms with E-state index in [1.807, 2.05) is 4.90 Å². The quantitative estimate of drug-likeness (QED) is 0.895. The van der Waals surface area contributed by atoms with Crippen LogP contribution < -0.4 is 5.32 Å². The van der Waals surface area contributed by atoms with Gasteiger partial charge in [0.05, 0.1) is 0 Å². The first-order chi connectivity index (χ1) is 10.2. The number of likely N-dealkylation sites (tertiary alicyclic amines) is 1. The van der Waals surface area contributed by atoms with E-state index in [1.54, 1.807) is 31.6 Å². The molecule has 2 heterocycles. The van der Waals surface area contributed by atoms with Gasteiger partial charge in [0.25, 0.3) is 5.91 Å². The Labute approximate surface area is 124 Å². The summed E-state index contributed by atoms with van der Waals surface area (Å²) in [6, 6.07) is 3.50. The number of hydrogen-bond acceptors (Lipinski definition) is 3. The van der Waals surface area contributed by atoms with Gasteiger partial charge in [0.1, 0.15) is 0 Å². The third-order valence-electron chi connectivity index (χ3n) is 5.07. The van der Waals surface area contributed by atoms with Crippen LogP contribution in [-0.4, -0.2) is 41.8 Å². The molecule has 1 aromatic heterocycles. The molecule has 1 aliphatic carbocycles. The molecule has 1 aliphatic heterocycles. The second-order valence-corrected chi connectivity index (χ2v) is 6.13. The number of aromatic nitrogens is 1. The average Bonchev–Trinajstić information content (AvgIpc) is 3.14. The molecule has 21 heavy (non-hydrogen) atoms. The Morgan fingerprint density at radius 3 is 2.81 bits per heavy atom. The van der Waals surface area contributed by atoms with Crippen molar-refractivity contribution in [1.82, 2.24) is 15.2 Å². The molecule has 1 N–H and O–H groups in total. The molecule has 1 spiro atoms. The molecule has 2 aliphatic rings. The van der Waals surface area contributed by atoms with Gasteiger partial charge in [-0.3, -0.25) is 14.6 Å². The number of pyridine rings is 1. The number of nitrogens with one attached hydrogen (secondary N) is 1. The second-order valence-electron chi connectivity index (χ2n) is 6.13. The lowest BCUT2D eigenvalue weighted by molar-refractivity contribution is -0.127. The standard InChI is InChI=1S/C16H21N3O2/c1-17-14(20)13-3-2-6-16(13)7-10-19(11-16)15(21)12-4-8-18-9-5-12/h4-5,8-9,13H,2-3,6-7,10-11H2,1H3,(H,17,20)/t13-,16+/m0/s1. The highest BCUT2D eigenvalue weighted by molar-refractivity contribution is 5.94. The van der Waals surface area contributed by atoms with Crippen LogP contribution in [0.4, 0.5) is 0 Å². The highest BCUT2D eigenvalue weighted by Gasteiger charge is 2.51. The third kappa shape index (κ3) is 2.41. The zero-order chi connectivity index (χ0) is 14.9. The zero-order valence-electron chi connectivity index (χ0n) is 12.3. The maximum absolute atomic E-state index is 12.5. The first-order valence-electron chi connectivity index (χ1n) is 7.57. The third-order valence-corrected chi connectivity index (χ3v) is 5.07. The van der Waals surface area contributed by atoms with Crippen LogP contribution in [0, 0.1) is 11.3 Å². The van der Waals surface area contributed by atoms with Crippen molar-refractivity contribution in [3.05, 3.63) is 30.1 Å². The van der Waals surface area contributed by atoms with E-state index in [0.29, 0.717) is 12.1 Å². The Hall–Kier alpha value is -1.91. The summed E-state index contributed by atoms with van der Waals surface area (Å²) < 4.78 is 0. The summed E-state index contributed by atoms with van der Waals surface area (Å²) in [5, 5.41) is 2.78. The van der Waals surface area contributed by atoms with E-state index in [4.69, 9.17) is 0 Å². The molecule has 2 atom stereocenters. The second kappa shape index (κ2) is 5.47. The molecular weight excluding hydrogens is 266 g/mol. The number of hydrogen-bond donors (Lipinski definition) is 1. The fourth-order valence-corrected chi connectivity index (χ4v) is 3.96. The van der Waals surface area contributed by atoms with Gasteiger partial charge in [0.15, 0.2) is 0 Å². The number of carbonyl (C=O) groups excluding carboxylic acids is 2. The van der Waals surface area contributed by atoms with Crippen molar-refractivity contribution < 1.29 is 9.59 Å². The molecule has 0 unspecified atom stereocenters. The van der Waals surface area contributed by atoms with E-state index in [2.05, 4.69) is 10.3 Å². The molecule has 3 rings (SSSR count). The smallest absolute Gasteiger partial charge is 0.253 e. The van der Waals surface area contributed by atoms with Crippen LogP contribution in [-0.2, 0) is 4.79 Å². The molecule has 5 heteroatoms. The topological polar surface area (TPSA) is 62.3 Å². The van der Waals surface area contributed by atoms with Gasteiger partial charge in [-0.15, -0.1) is 0 Å². The van der Waals surface area contributed by atoms with Crippen molar-refractivity contribution in [3.8, 4) is 0 Å². The Kier molecular flexibility index (Phi) is 3.66. The van der Waals surface area contributed by atoms with Gasteiger partial charge in [0.2, 0.25) is 5.91 Å². The van der Waals surface area contributed by atoms with Crippen LogP contribution in [0.15, 0.2) is 24.5 Å². The number of nitrogens with zero attached hydrogens (tertiary/aromatic N) is 2. The summed E-state index contributed by atoms with van der Waals surface area (Å²) in [7, 11) is 1.70. The van der Waals surface area contributed by atoms with Gasteiger partial charge < -0.3 is 10.2 Å². The molecular formula is C16H21N3O2. The van der Waals surface area contributed by atoms with E-state index in [-0.39, 0.29) is 23.1 Å². The lowest BCUT2D eigenvalue weighted by Gasteiger charge is -2.30. The predicted octanol–water partition coefficient (Wildman–Crippen LogP) is 1.46. The largest absolute Gasteiger partial charge is 0.359 e. The lowest BCUT2D eigenvalue weighted by Crippen LogP contribution is -2.40. The Morgan fingerprint density at radius 1 is 1.33 bits per heavy atom. The van der Waals surface area contributed by atoms with Crippen molar-refractivity contribution in [1.29, 1.82) is 0 Å². The van der Waals surface area contributed by atoms with E-state index >= 15 is 0 Å². The molecule has 0 aromatic carbocycles. The van der Waals surface area contributed by atoms with Crippen molar-refractivity contribution in [3.63, 3.8) is 0 Å². The van der Waals surface area contributed by atoms with Crippen molar-refractivity contribution >= 4 is 11.8 Å². The Balaban J connectivity index is 1.76. The normalized spacial score (nSPS) is 28.0. The summed E-state index contributed by atoms with van der Waals surface area (Å²) in [5.74, 6) is 0.236. The van der Waals surface area contributed by atoms with Crippen molar-refractivity contribution in [2.45, 2.75) is 25.7 Å². The van der Waals surface area contributed by atoms with Gasteiger partial charge in [-0.25, -0.2) is 0 Å². The van der Waals surface area contributed by atoms with Crippen molar-refractivity contribution in [2.75, 3.05) is 20.1 Å². The monoisotopic (exact) mass is 287 g/mol. The predicted molar refractivity (Wildman–Crippen MR) is 78.6 cm³/mol. The van der Waals surface area contributed by atoms with Crippen LogP contribution in [0.1, 0.15) is 36.0 Å². The van der Waals surface area contributed by atoms with E-state index in [1.165, 1.54) is 0 Å². The Bertz CT molecular complexity index is 546. The van der Waals surface area contributed by atoms with Gasteiger partial charge in [0, 0.05) is 49.4 Å². The van der Waals surface area contributed by atoms with Gasteiger partial charge in [-0.05, 0) is 31.4 Å². The van der Waals surface area contributed by atoms with Gasteiger partial charge in [-0.1, -0.05) is 6.42 Å². The summed E-state index contributed by atoms with van der Waals surface area (Å²) in [4.78, 5) is 30.5. The van der Waals surface area contributed by atoms with Gasteiger partial charge in [-0.2, -0.15) is 0 Å². The van der Waals surface area contributed by atoms with Crippen LogP contribution in [0.5, 0.6) is 0 Å². The highest BCUT2D eigenvalue weighted by Crippen LogP contribution is 2.49. The molecule has 2 fully saturated rings. The number of amides is 2. The van der Waals surface area contributed by atoms with Gasteiger partial charge >= 0.3 is 0 Å². The molecule has 2 amide bonds. The molecule has 1 saturated carbocycles. The van der Waals surface area contributed by atoms with Crippen LogP contribution >= 0.6 is 0 Å². The number of rotatable bonds is 2. The first-order valence-corrected chi connectivity index (χ1v) is 7.57. The molecule has 0 radical (unpaired) electrons. The average molecular weight is 287 g/mol. The molecule has 1 saturated heterocycles. The van der Waals surface area contributed by atoms with E-state index in [0.717, 1.165) is 32.2 Å². The summed E-state index contributed by atoms with van der Waals surface area (Å²) in [5.41, 5.74) is 0.666. The molecule has 0 bridgehead atoms. The van der Waals surface area contributed by atoms with Crippen molar-refractivity contribution in [2.24, 2.45) is 11.3 Å². The minimum absolute atomic E-state index is 0.0111. The zero-order valence-corrected chi connectivity index (χ0v) is 12.3. The van der Waals surface area contributed by atoms with Crippen LogP contribution in [0.2, 0.25) is 0 Å². The Morgan fingerprint density at radius 2 is 2.10 bits per heavy atom.